The predicted octanol–water partition coefficient (Wildman–Crippen LogP) is 2.32. The summed E-state index contributed by atoms with van der Waals surface area (Å²) >= 11 is 0. The lowest BCUT2D eigenvalue weighted by atomic mass is 10.1. The molecule has 5 heteroatoms. The molecule has 1 aromatic carbocycles. The van der Waals surface area contributed by atoms with Gasteiger partial charge in [-0.15, -0.1) is 6.42 Å². The maximum Gasteiger partial charge on any atom is 0.270 e. The lowest BCUT2D eigenvalue weighted by molar-refractivity contribution is -0.384. The Morgan fingerprint density at radius 2 is 2.28 bits per heavy atom. The molecule has 1 aromatic rings. The highest BCUT2D eigenvalue weighted by molar-refractivity contribution is 5.63. The number of terminal acetylenes is 1. The van der Waals surface area contributed by atoms with Gasteiger partial charge in [-0.1, -0.05) is 12.8 Å². The van der Waals surface area contributed by atoms with Crippen LogP contribution in [0.15, 0.2) is 18.2 Å². The van der Waals surface area contributed by atoms with E-state index in [1.165, 1.54) is 12.1 Å². The number of hydrogen-bond acceptors (Lipinski definition) is 4. The fourth-order valence-electron chi connectivity index (χ4n) is 1.67. The second-order valence-corrected chi connectivity index (χ2v) is 3.70. The first kappa shape index (κ1) is 13.5. The summed E-state index contributed by atoms with van der Waals surface area (Å²) in [6.45, 7) is 3.08. The summed E-state index contributed by atoms with van der Waals surface area (Å²) in [7, 11) is 0. The smallest absolute Gasteiger partial charge is 0.270 e. The lowest BCUT2D eigenvalue weighted by Gasteiger charge is -2.22. The van der Waals surface area contributed by atoms with E-state index in [0.29, 0.717) is 18.8 Å². The fourth-order valence-corrected chi connectivity index (χ4v) is 1.67. The van der Waals surface area contributed by atoms with Gasteiger partial charge in [-0.05, 0) is 12.5 Å². The quantitative estimate of drug-likeness (QED) is 0.452. The highest BCUT2D eigenvalue weighted by Gasteiger charge is 2.14. The minimum absolute atomic E-state index is 0.0903. The standard InChI is InChI=1S/C13H13N3O2/c1-3-7-15(8-4-2)13-6-5-12(16(17)18)9-11(13)10-14/h1,5-6,9H,4,7-8H2,2H3. The van der Waals surface area contributed by atoms with Gasteiger partial charge < -0.3 is 4.90 Å². The van der Waals surface area contributed by atoms with Gasteiger partial charge in [0.1, 0.15) is 6.07 Å². The average molecular weight is 243 g/mol. The number of anilines is 1. The molecular weight excluding hydrogens is 230 g/mol. The molecule has 0 N–H and O–H groups in total. The highest BCUT2D eigenvalue weighted by Crippen LogP contribution is 2.24. The number of benzene rings is 1. The zero-order valence-electron chi connectivity index (χ0n) is 10.1. The van der Waals surface area contributed by atoms with Crippen molar-refractivity contribution in [1.29, 1.82) is 5.26 Å². The van der Waals surface area contributed by atoms with Gasteiger partial charge in [0.2, 0.25) is 0 Å². The second-order valence-electron chi connectivity index (χ2n) is 3.70. The van der Waals surface area contributed by atoms with E-state index in [-0.39, 0.29) is 11.3 Å². The van der Waals surface area contributed by atoms with Crippen molar-refractivity contribution >= 4 is 11.4 Å². The van der Waals surface area contributed by atoms with Crippen LogP contribution in [-0.4, -0.2) is 18.0 Å². The Morgan fingerprint density at radius 3 is 2.78 bits per heavy atom. The number of non-ortho nitro benzene ring substituents is 1. The van der Waals surface area contributed by atoms with Gasteiger partial charge in [0.25, 0.3) is 5.69 Å². The van der Waals surface area contributed by atoms with E-state index >= 15 is 0 Å². The van der Waals surface area contributed by atoms with E-state index in [2.05, 4.69) is 5.92 Å². The van der Waals surface area contributed by atoms with Crippen molar-refractivity contribution in [3.63, 3.8) is 0 Å². The van der Waals surface area contributed by atoms with Gasteiger partial charge in [0, 0.05) is 18.7 Å². The molecule has 1 rings (SSSR count). The normalized spacial score (nSPS) is 9.28. The zero-order valence-corrected chi connectivity index (χ0v) is 10.1. The Morgan fingerprint density at radius 1 is 1.56 bits per heavy atom. The molecule has 0 saturated carbocycles. The van der Waals surface area contributed by atoms with Crippen LogP contribution in [0.3, 0.4) is 0 Å². The van der Waals surface area contributed by atoms with Gasteiger partial charge in [-0.25, -0.2) is 0 Å². The van der Waals surface area contributed by atoms with Crippen LogP contribution >= 0.6 is 0 Å². The Labute approximate surface area is 106 Å². The Kier molecular flexibility index (Phi) is 4.71. The van der Waals surface area contributed by atoms with Crippen LogP contribution in [0.1, 0.15) is 18.9 Å². The van der Waals surface area contributed by atoms with Crippen LogP contribution in [0.4, 0.5) is 11.4 Å². The maximum atomic E-state index is 10.7. The summed E-state index contributed by atoms with van der Waals surface area (Å²) in [6.07, 6.45) is 6.16. The lowest BCUT2D eigenvalue weighted by Crippen LogP contribution is -2.25. The molecule has 92 valence electrons. The molecule has 0 radical (unpaired) electrons. The number of rotatable bonds is 5. The predicted molar refractivity (Wildman–Crippen MR) is 69.1 cm³/mol. The number of hydrogen-bond donors (Lipinski definition) is 0. The van der Waals surface area contributed by atoms with Crippen LogP contribution in [0.2, 0.25) is 0 Å². The monoisotopic (exact) mass is 243 g/mol. The average Bonchev–Trinajstić information content (AvgIpc) is 2.37. The van der Waals surface area contributed by atoms with Crippen molar-refractivity contribution < 1.29 is 4.92 Å². The Hall–Kier alpha value is -2.53. The van der Waals surface area contributed by atoms with E-state index < -0.39 is 4.92 Å². The van der Waals surface area contributed by atoms with Crippen LogP contribution < -0.4 is 4.90 Å². The van der Waals surface area contributed by atoms with E-state index in [1.807, 2.05) is 17.9 Å². The van der Waals surface area contributed by atoms with E-state index in [9.17, 15) is 10.1 Å². The first-order chi connectivity index (χ1) is 8.63. The molecule has 0 spiro atoms. The summed E-state index contributed by atoms with van der Waals surface area (Å²) < 4.78 is 0. The minimum Gasteiger partial charge on any atom is -0.359 e. The first-order valence-electron chi connectivity index (χ1n) is 5.51. The van der Waals surface area contributed by atoms with Gasteiger partial charge in [-0.2, -0.15) is 5.26 Å². The van der Waals surface area contributed by atoms with Crippen LogP contribution in [-0.2, 0) is 0 Å². The molecule has 0 bridgehead atoms. The summed E-state index contributed by atoms with van der Waals surface area (Å²) in [5.41, 5.74) is 0.822. The minimum atomic E-state index is -0.518. The molecule has 0 saturated heterocycles. The molecule has 0 aliphatic carbocycles. The Balaban J connectivity index is 3.19. The van der Waals surface area contributed by atoms with Crippen molar-refractivity contribution in [1.82, 2.24) is 0 Å². The summed E-state index contributed by atoms with van der Waals surface area (Å²) in [5, 5.41) is 19.7. The van der Waals surface area contributed by atoms with Crippen LogP contribution in [0.5, 0.6) is 0 Å². The van der Waals surface area contributed by atoms with Crippen molar-refractivity contribution in [2.24, 2.45) is 0 Å². The van der Waals surface area contributed by atoms with Gasteiger partial charge in [0.15, 0.2) is 0 Å². The third kappa shape index (κ3) is 2.99. The van der Waals surface area contributed by atoms with Gasteiger partial charge in [0.05, 0.1) is 22.7 Å². The fraction of sp³-hybridized carbons (Fsp3) is 0.308. The van der Waals surface area contributed by atoms with Crippen molar-refractivity contribution in [2.45, 2.75) is 13.3 Å². The topological polar surface area (TPSA) is 70.2 Å². The molecule has 0 aliphatic rings. The summed E-state index contributed by atoms with van der Waals surface area (Å²) in [5.74, 6) is 2.52. The molecule has 0 unspecified atom stereocenters. The van der Waals surface area contributed by atoms with Gasteiger partial charge in [-0.3, -0.25) is 10.1 Å². The largest absolute Gasteiger partial charge is 0.359 e. The molecule has 18 heavy (non-hydrogen) atoms. The van der Waals surface area contributed by atoms with E-state index in [1.54, 1.807) is 6.07 Å². The SMILES string of the molecule is C#CCN(CCC)c1ccc([N+](=O)[O-])cc1C#N. The molecule has 0 atom stereocenters. The molecular formula is C13H13N3O2. The zero-order chi connectivity index (χ0) is 13.5. The molecule has 0 aliphatic heterocycles. The molecule has 0 heterocycles. The van der Waals surface area contributed by atoms with Crippen LogP contribution in [0.25, 0.3) is 0 Å². The first-order valence-corrected chi connectivity index (χ1v) is 5.51. The summed E-state index contributed by atoms with van der Waals surface area (Å²) in [6, 6.07) is 6.20. The van der Waals surface area contributed by atoms with Crippen molar-refractivity contribution in [3.8, 4) is 18.4 Å². The van der Waals surface area contributed by atoms with E-state index in [0.717, 1.165) is 6.42 Å². The van der Waals surface area contributed by atoms with Crippen molar-refractivity contribution in [2.75, 3.05) is 18.0 Å². The Bertz CT molecular complexity index is 526. The van der Waals surface area contributed by atoms with Gasteiger partial charge >= 0.3 is 0 Å². The number of nitrogens with zero attached hydrogens (tertiary/aromatic N) is 3. The maximum absolute atomic E-state index is 10.7. The number of nitro benzene ring substituents is 1. The third-order valence-electron chi connectivity index (χ3n) is 2.43. The summed E-state index contributed by atoms with van der Waals surface area (Å²) in [4.78, 5) is 12.0. The third-order valence-corrected chi connectivity index (χ3v) is 2.43. The van der Waals surface area contributed by atoms with E-state index in [4.69, 9.17) is 11.7 Å². The highest BCUT2D eigenvalue weighted by atomic mass is 16.6. The van der Waals surface area contributed by atoms with Crippen LogP contribution in [0, 0.1) is 33.8 Å². The molecule has 0 aromatic heterocycles. The molecule has 0 fully saturated rings. The van der Waals surface area contributed by atoms with Crippen molar-refractivity contribution in [3.05, 3.63) is 33.9 Å². The molecule has 5 nitrogen and oxygen atoms in total. The second kappa shape index (κ2) is 6.27. The number of nitriles is 1. The molecule has 0 amide bonds. The number of nitro groups is 1.